The fraction of sp³-hybridized carbons (Fsp3) is 0.190. The van der Waals surface area contributed by atoms with Crippen molar-refractivity contribution in [2.24, 2.45) is 0 Å². The largest absolute Gasteiger partial charge is 0.497 e. The van der Waals surface area contributed by atoms with E-state index in [1.54, 1.807) is 7.11 Å². The molecule has 0 aliphatic heterocycles. The Balaban J connectivity index is 1.58. The molecule has 2 N–H and O–H groups in total. The number of nitrogens with one attached hydrogen (secondary N) is 2. The highest BCUT2D eigenvalue weighted by Gasteiger charge is 2.08. The molecule has 0 radical (unpaired) electrons. The maximum Gasteiger partial charge on any atom is 0.254 e. The van der Waals surface area contributed by atoms with Gasteiger partial charge in [0.1, 0.15) is 5.75 Å². The van der Waals surface area contributed by atoms with Gasteiger partial charge in [-0.1, -0.05) is 18.2 Å². The first-order valence-corrected chi connectivity index (χ1v) is 8.62. The minimum atomic E-state index is -0.219. The second-order valence-electron chi connectivity index (χ2n) is 6.25. The molecule has 138 valence electrons. The van der Waals surface area contributed by atoms with E-state index in [9.17, 15) is 4.79 Å². The molecule has 6 heteroatoms. The van der Waals surface area contributed by atoms with E-state index in [2.05, 4.69) is 34.4 Å². The van der Waals surface area contributed by atoms with Crippen LogP contribution >= 0.6 is 0 Å². The molecule has 0 atom stereocenters. The van der Waals surface area contributed by atoms with Crippen LogP contribution in [0.2, 0.25) is 0 Å². The fourth-order valence-electron chi connectivity index (χ4n) is 2.49. The number of anilines is 2. The summed E-state index contributed by atoms with van der Waals surface area (Å²) in [6.45, 7) is 4.54. The molecule has 0 aliphatic rings. The number of hydrogen-bond acceptors (Lipinski definition) is 5. The molecule has 0 saturated heterocycles. The standard InChI is InChI=1S/C21H22N4O2/c1-14-4-7-18(10-15(14)2)25-21-23-12-17(13-24-21)20(26)22-11-16-5-8-19(27-3)9-6-16/h4-10,12-13H,11H2,1-3H3,(H,22,26)(H,23,24,25). The van der Waals surface area contributed by atoms with Crippen molar-refractivity contribution in [1.29, 1.82) is 0 Å². The van der Waals surface area contributed by atoms with Gasteiger partial charge in [0, 0.05) is 24.6 Å². The van der Waals surface area contributed by atoms with E-state index >= 15 is 0 Å². The van der Waals surface area contributed by atoms with Crippen molar-refractivity contribution in [3.8, 4) is 5.75 Å². The predicted molar refractivity (Wildman–Crippen MR) is 105 cm³/mol. The van der Waals surface area contributed by atoms with E-state index in [-0.39, 0.29) is 5.91 Å². The molecule has 0 aliphatic carbocycles. The summed E-state index contributed by atoms with van der Waals surface area (Å²) in [4.78, 5) is 20.7. The quantitative estimate of drug-likeness (QED) is 0.698. The van der Waals surface area contributed by atoms with Crippen LogP contribution in [-0.4, -0.2) is 23.0 Å². The highest BCUT2D eigenvalue weighted by molar-refractivity contribution is 5.93. The number of hydrogen-bond donors (Lipinski definition) is 2. The fourth-order valence-corrected chi connectivity index (χ4v) is 2.49. The number of carbonyl (C=O) groups excluding carboxylic acids is 1. The lowest BCUT2D eigenvalue weighted by Gasteiger charge is -2.08. The van der Waals surface area contributed by atoms with Gasteiger partial charge in [-0.25, -0.2) is 9.97 Å². The van der Waals surface area contributed by atoms with Crippen molar-refractivity contribution >= 4 is 17.5 Å². The lowest BCUT2D eigenvalue weighted by Crippen LogP contribution is -2.23. The third kappa shape index (κ3) is 4.82. The number of aryl methyl sites for hydroxylation is 2. The van der Waals surface area contributed by atoms with E-state index in [0.29, 0.717) is 18.1 Å². The molecule has 6 nitrogen and oxygen atoms in total. The third-order valence-electron chi connectivity index (χ3n) is 4.29. The van der Waals surface area contributed by atoms with E-state index in [1.165, 1.54) is 23.5 Å². The summed E-state index contributed by atoms with van der Waals surface area (Å²) in [7, 11) is 1.62. The van der Waals surface area contributed by atoms with Gasteiger partial charge < -0.3 is 15.4 Å². The van der Waals surface area contributed by atoms with Gasteiger partial charge in [-0.15, -0.1) is 0 Å². The number of aromatic nitrogens is 2. The number of benzene rings is 2. The number of rotatable bonds is 6. The smallest absolute Gasteiger partial charge is 0.254 e. The first-order valence-electron chi connectivity index (χ1n) is 8.62. The number of ether oxygens (including phenoxy) is 1. The summed E-state index contributed by atoms with van der Waals surface area (Å²) in [5.74, 6) is 1.01. The summed E-state index contributed by atoms with van der Waals surface area (Å²) in [5, 5.41) is 6.00. The van der Waals surface area contributed by atoms with Gasteiger partial charge >= 0.3 is 0 Å². The van der Waals surface area contributed by atoms with Crippen LogP contribution in [0.15, 0.2) is 54.9 Å². The molecule has 1 amide bonds. The Bertz CT molecular complexity index is 922. The van der Waals surface area contributed by atoms with Crippen LogP contribution in [-0.2, 0) is 6.54 Å². The van der Waals surface area contributed by atoms with Gasteiger partial charge in [0.2, 0.25) is 5.95 Å². The number of nitrogens with zero attached hydrogens (tertiary/aromatic N) is 2. The molecular formula is C21H22N4O2. The van der Waals surface area contributed by atoms with Crippen LogP contribution in [0.1, 0.15) is 27.0 Å². The molecule has 2 aromatic carbocycles. The summed E-state index contributed by atoms with van der Waals surface area (Å²) in [5.41, 5.74) is 4.72. The van der Waals surface area contributed by atoms with E-state index < -0.39 is 0 Å². The van der Waals surface area contributed by atoms with E-state index in [1.807, 2.05) is 42.5 Å². The minimum absolute atomic E-state index is 0.219. The minimum Gasteiger partial charge on any atom is -0.497 e. The van der Waals surface area contributed by atoms with Gasteiger partial charge in [0.05, 0.1) is 12.7 Å². The predicted octanol–water partition coefficient (Wildman–Crippen LogP) is 3.78. The SMILES string of the molecule is COc1ccc(CNC(=O)c2cnc(Nc3ccc(C)c(C)c3)nc2)cc1. The summed E-state index contributed by atoms with van der Waals surface area (Å²) >= 11 is 0. The van der Waals surface area contributed by atoms with Crippen LogP contribution in [0.3, 0.4) is 0 Å². The van der Waals surface area contributed by atoms with Crippen molar-refractivity contribution in [2.45, 2.75) is 20.4 Å². The zero-order valence-corrected chi connectivity index (χ0v) is 15.6. The van der Waals surface area contributed by atoms with Crippen molar-refractivity contribution in [2.75, 3.05) is 12.4 Å². The highest BCUT2D eigenvalue weighted by Crippen LogP contribution is 2.17. The Hall–Kier alpha value is -3.41. The maximum absolute atomic E-state index is 12.3. The van der Waals surface area contributed by atoms with Crippen LogP contribution in [0.4, 0.5) is 11.6 Å². The average Bonchev–Trinajstić information content (AvgIpc) is 2.70. The molecule has 1 heterocycles. The van der Waals surface area contributed by atoms with Gasteiger partial charge in [-0.05, 0) is 54.8 Å². The van der Waals surface area contributed by atoms with Crippen LogP contribution < -0.4 is 15.4 Å². The second kappa shape index (κ2) is 8.31. The number of amides is 1. The van der Waals surface area contributed by atoms with Gasteiger partial charge in [0.15, 0.2) is 0 Å². The van der Waals surface area contributed by atoms with Gasteiger partial charge in [-0.2, -0.15) is 0 Å². The molecule has 0 unspecified atom stereocenters. The normalized spacial score (nSPS) is 10.3. The van der Waals surface area contributed by atoms with Crippen LogP contribution in [0.25, 0.3) is 0 Å². The maximum atomic E-state index is 12.3. The third-order valence-corrected chi connectivity index (χ3v) is 4.29. The average molecular weight is 362 g/mol. The summed E-state index contributed by atoms with van der Waals surface area (Å²) < 4.78 is 5.12. The Morgan fingerprint density at radius 3 is 2.33 bits per heavy atom. The Morgan fingerprint density at radius 2 is 1.70 bits per heavy atom. The molecule has 0 bridgehead atoms. The topological polar surface area (TPSA) is 76.1 Å². The van der Waals surface area contributed by atoms with Gasteiger partial charge in [0.25, 0.3) is 5.91 Å². The van der Waals surface area contributed by atoms with Crippen molar-refractivity contribution in [1.82, 2.24) is 15.3 Å². The highest BCUT2D eigenvalue weighted by atomic mass is 16.5. The van der Waals surface area contributed by atoms with E-state index in [4.69, 9.17) is 4.74 Å². The molecule has 3 rings (SSSR count). The molecule has 3 aromatic rings. The summed E-state index contributed by atoms with van der Waals surface area (Å²) in [6.07, 6.45) is 3.03. The Kier molecular flexibility index (Phi) is 5.66. The van der Waals surface area contributed by atoms with Gasteiger partial charge in [-0.3, -0.25) is 4.79 Å². The van der Waals surface area contributed by atoms with Crippen molar-refractivity contribution in [3.05, 3.63) is 77.1 Å². The lowest BCUT2D eigenvalue weighted by atomic mass is 10.1. The zero-order valence-electron chi connectivity index (χ0n) is 15.6. The monoisotopic (exact) mass is 362 g/mol. The molecule has 27 heavy (non-hydrogen) atoms. The van der Waals surface area contributed by atoms with Crippen LogP contribution in [0.5, 0.6) is 5.75 Å². The second-order valence-corrected chi connectivity index (χ2v) is 6.25. The zero-order chi connectivity index (χ0) is 19.2. The number of methoxy groups -OCH3 is 1. The van der Waals surface area contributed by atoms with Crippen molar-refractivity contribution < 1.29 is 9.53 Å². The molecule has 0 spiro atoms. The molecular weight excluding hydrogens is 340 g/mol. The first-order chi connectivity index (χ1) is 13.0. The first kappa shape index (κ1) is 18.4. The van der Waals surface area contributed by atoms with Crippen molar-refractivity contribution in [3.63, 3.8) is 0 Å². The Labute approximate surface area is 158 Å². The number of carbonyl (C=O) groups is 1. The summed E-state index contributed by atoms with van der Waals surface area (Å²) in [6, 6.07) is 13.6. The molecule has 0 saturated carbocycles. The van der Waals surface area contributed by atoms with Crippen LogP contribution in [0, 0.1) is 13.8 Å². The lowest BCUT2D eigenvalue weighted by molar-refractivity contribution is 0.0950. The molecule has 0 fully saturated rings. The molecule has 1 aromatic heterocycles. The van der Waals surface area contributed by atoms with E-state index in [0.717, 1.165) is 17.0 Å². The Morgan fingerprint density at radius 1 is 1.00 bits per heavy atom.